The molecule has 1 aromatic rings. The summed E-state index contributed by atoms with van der Waals surface area (Å²) >= 11 is 0. The first-order valence-corrected chi connectivity index (χ1v) is 8.87. The molecular weight excluding hydrogens is 272 g/mol. The van der Waals surface area contributed by atoms with Gasteiger partial charge in [0.1, 0.15) is 0 Å². The van der Waals surface area contributed by atoms with E-state index < -0.39 is 10.0 Å². The zero-order chi connectivity index (χ0) is 14.6. The number of nitrogens with one attached hydrogen (secondary N) is 2. The van der Waals surface area contributed by atoms with Crippen LogP contribution in [0.4, 0.5) is 0 Å². The molecule has 0 spiro atoms. The Bertz CT molecular complexity index is 525. The second-order valence-corrected chi connectivity index (χ2v) is 7.09. The van der Waals surface area contributed by atoms with Crippen molar-refractivity contribution in [1.82, 2.24) is 10.0 Å². The molecule has 0 bridgehead atoms. The normalized spacial score (nSPS) is 21.9. The molecule has 5 heteroatoms. The van der Waals surface area contributed by atoms with Crippen LogP contribution in [0.2, 0.25) is 0 Å². The van der Waals surface area contributed by atoms with Crippen molar-refractivity contribution in [3.8, 4) is 0 Å². The van der Waals surface area contributed by atoms with E-state index >= 15 is 0 Å². The first kappa shape index (κ1) is 15.5. The van der Waals surface area contributed by atoms with E-state index in [-0.39, 0.29) is 6.04 Å². The minimum absolute atomic E-state index is 0.137. The number of sulfonamides is 1. The summed E-state index contributed by atoms with van der Waals surface area (Å²) in [6.07, 6.45) is 2.93. The maximum absolute atomic E-state index is 12.2. The van der Waals surface area contributed by atoms with Crippen LogP contribution in [0.5, 0.6) is 0 Å². The van der Waals surface area contributed by atoms with E-state index in [0.717, 1.165) is 37.9 Å². The summed E-state index contributed by atoms with van der Waals surface area (Å²) in [5.74, 6) is 0.518. The lowest BCUT2D eigenvalue weighted by Crippen LogP contribution is -2.27. The Balaban J connectivity index is 1.94. The van der Waals surface area contributed by atoms with Crippen LogP contribution in [0.15, 0.2) is 29.2 Å². The maximum Gasteiger partial charge on any atom is 0.240 e. The van der Waals surface area contributed by atoms with Crippen LogP contribution >= 0.6 is 0 Å². The lowest BCUT2D eigenvalue weighted by molar-refractivity contribution is 0.576. The van der Waals surface area contributed by atoms with Crippen molar-refractivity contribution in [2.24, 2.45) is 5.92 Å². The molecule has 1 aliphatic carbocycles. The minimum Gasteiger partial charge on any atom is -0.317 e. The van der Waals surface area contributed by atoms with Crippen LogP contribution in [0.3, 0.4) is 0 Å². The molecule has 2 unspecified atom stereocenters. The maximum atomic E-state index is 12.2. The van der Waals surface area contributed by atoms with Crippen molar-refractivity contribution in [3.63, 3.8) is 0 Å². The number of likely N-dealkylation sites (N-methyl/N-ethyl adjacent to an activating group) is 1. The van der Waals surface area contributed by atoms with Gasteiger partial charge in [0.05, 0.1) is 4.90 Å². The Morgan fingerprint density at radius 2 is 1.90 bits per heavy atom. The zero-order valence-corrected chi connectivity index (χ0v) is 13.0. The number of hydrogen-bond acceptors (Lipinski definition) is 3. The van der Waals surface area contributed by atoms with Gasteiger partial charge in [0.15, 0.2) is 0 Å². The molecule has 2 rings (SSSR count). The highest BCUT2D eigenvalue weighted by Crippen LogP contribution is 2.34. The molecule has 0 radical (unpaired) electrons. The van der Waals surface area contributed by atoms with Crippen LogP contribution in [0.25, 0.3) is 0 Å². The van der Waals surface area contributed by atoms with E-state index in [1.165, 1.54) is 0 Å². The van der Waals surface area contributed by atoms with Crippen LogP contribution in [0, 0.1) is 5.92 Å². The molecule has 112 valence electrons. The van der Waals surface area contributed by atoms with Crippen LogP contribution in [-0.4, -0.2) is 27.5 Å². The molecule has 0 saturated heterocycles. The first-order valence-electron chi connectivity index (χ1n) is 7.38. The summed E-state index contributed by atoms with van der Waals surface area (Å²) in [5, 5.41) is 3.26. The fourth-order valence-corrected chi connectivity index (χ4v) is 3.67. The SMILES string of the molecule is CCNCCc1ccc(S(=O)(=O)NC2CC2CC)cc1. The van der Waals surface area contributed by atoms with Crippen LogP contribution in [0.1, 0.15) is 32.3 Å². The summed E-state index contributed by atoms with van der Waals surface area (Å²) in [5.41, 5.74) is 1.16. The van der Waals surface area contributed by atoms with E-state index in [1.54, 1.807) is 12.1 Å². The molecule has 1 aliphatic rings. The van der Waals surface area contributed by atoms with Crippen molar-refractivity contribution in [2.45, 2.75) is 44.0 Å². The van der Waals surface area contributed by atoms with Gasteiger partial charge < -0.3 is 5.32 Å². The van der Waals surface area contributed by atoms with Gasteiger partial charge in [0.2, 0.25) is 10.0 Å². The average molecular weight is 296 g/mol. The monoisotopic (exact) mass is 296 g/mol. The second kappa shape index (κ2) is 6.70. The van der Waals surface area contributed by atoms with Gasteiger partial charge in [0.25, 0.3) is 0 Å². The second-order valence-electron chi connectivity index (χ2n) is 5.38. The molecule has 2 atom stereocenters. The standard InChI is InChI=1S/C15H24N2O2S/c1-3-13-11-15(13)17-20(18,19)14-7-5-12(6-8-14)9-10-16-4-2/h5-8,13,15-17H,3-4,9-11H2,1-2H3. The Hall–Kier alpha value is -0.910. The molecule has 2 N–H and O–H groups in total. The Morgan fingerprint density at radius 3 is 2.45 bits per heavy atom. The number of benzene rings is 1. The molecule has 0 amide bonds. The summed E-state index contributed by atoms with van der Waals surface area (Å²) in [6.45, 7) is 6.04. The van der Waals surface area contributed by atoms with E-state index in [0.29, 0.717) is 10.8 Å². The van der Waals surface area contributed by atoms with E-state index in [9.17, 15) is 8.42 Å². The molecule has 1 fully saturated rings. The predicted octanol–water partition coefficient (Wildman–Crippen LogP) is 1.92. The summed E-state index contributed by atoms with van der Waals surface area (Å²) in [7, 11) is -3.35. The third-order valence-corrected chi connectivity index (χ3v) is 5.33. The molecule has 0 heterocycles. The van der Waals surface area contributed by atoms with Crippen molar-refractivity contribution in [3.05, 3.63) is 29.8 Å². The van der Waals surface area contributed by atoms with Crippen molar-refractivity contribution >= 4 is 10.0 Å². The van der Waals surface area contributed by atoms with Crippen molar-refractivity contribution in [1.29, 1.82) is 0 Å². The molecule has 1 aromatic carbocycles. The lowest BCUT2D eigenvalue weighted by atomic mass is 10.1. The van der Waals surface area contributed by atoms with Gasteiger partial charge in [-0.1, -0.05) is 32.4 Å². The first-order chi connectivity index (χ1) is 9.56. The number of rotatable bonds is 8. The lowest BCUT2D eigenvalue weighted by Gasteiger charge is -2.07. The van der Waals surface area contributed by atoms with Crippen LogP contribution < -0.4 is 10.0 Å². The predicted molar refractivity (Wildman–Crippen MR) is 81.2 cm³/mol. The molecule has 0 aromatic heterocycles. The fourth-order valence-electron chi connectivity index (χ4n) is 2.36. The van der Waals surface area contributed by atoms with Gasteiger partial charge >= 0.3 is 0 Å². The van der Waals surface area contributed by atoms with Gasteiger partial charge in [0, 0.05) is 6.04 Å². The zero-order valence-electron chi connectivity index (χ0n) is 12.2. The molecule has 20 heavy (non-hydrogen) atoms. The summed E-state index contributed by atoms with van der Waals surface area (Å²) < 4.78 is 27.2. The van der Waals surface area contributed by atoms with Gasteiger partial charge in [-0.15, -0.1) is 0 Å². The Morgan fingerprint density at radius 1 is 1.20 bits per heavy atom. The molecule has 1 saturated carbocycles. The number of hydrogen-bond donors (Lipinski definition) is 2. The van der Waals surface area contributed by atoms with Gasteiger partial charge in [-0.3, -0.25) is 0 Å². The topological polar surface area (TPSA) is 58.2 Å². The van der Waals surface area contributed by atoms with E-state index in [4.69, 9.17) is 0 Å². The minimum atomic E-state index is -3.35. The highest BCUT2D eigenvalue weighted by molar-refractivity contribution is 7.89. The molecule has 4 nitrogen and oxygen atoms in total. The highest BCUT2D eigenvalue weighted by Gasteiger charge is 2.38. The largest absolute Gasteiger partial charge is 0.317 e. The van der Waals surface area contributed by atoms with E-state index in [2.05, 4.69) is 23.9 Å². The molecular formula is C15H24N2O2S. The van der Waals surface area contributed by atoms with Gasteiger partial charge in [-0.2, -0.15) is 0 Å². The molecule has 0 aliphatic heterocycles. The third-order valence-electron chi connectivity index (χ3n) is 3.83. The van der Waals surface area contributed by atoms with Crippen molar-refractivity contribution < 1.29 is 8.42 Å². The Kier molecular flexibility index (Phi) is 5.18. The fraction of sp³-hybridized carbons (Fsp3) is 0.600. The van der Waals surface area contributed by atoms with Crippen LogP contribution in [-0.2, 0) is 16.4 Å². The summed E-state index contributed by atoms with van der Waals surface area (Å²) in [4.78, 5) is 0.367. The Labute approximate surface area is 122 Å². The summed E-state index contributed by atoms with van der Waals surface area (Å²) in [6, 6.07) is 7.34. The smallest absolute Gasteiger partial charge is 0.240 e. The van der Waals surface area contributed by atoms with Gasteiger partial charge in [-0.25, -0.2) is 13.1 Å². The third kappa shape index (κ3) is 4.04. The van der Waals surface area contributed by atoms with Gasteiger partial charge in [-0.05, 0) is 49.5 Å². The highest BCUT2D eigenvalue weighted by atomic mass is 32.2. The van der Waals surface area contributed by atoms with E-state index in [1.807, 2.05) is 12.1 Å². The average Bonchev–Trinajstić information content (AvgIpc) is 3.17. The quantitative estimate of drug-likeness (QED) is 0.721. The van der Waals surface area contributed by atoms with Crippen molar-refractivity contribution in [2.75, 3.05) is 13.1 Å².